The highest BCUT2D eigenvalue weighted by atomic mass is 35.5. The lowest BCUT2D eigenvalue weighted by molar-refractivity contribution is -0.143. The lowest BCUT2D eigenvalue weighted by Gasteiger charge is -2.33. The number of amides is 2. The van der Waals surface area contributed by atoms with Crippen LogP contribution in [0.3, 0.4) is 0 Å². The number of carbonyl (C=O) groups is 3. The number of carbonyl (C=O) groups excluding carboxylic acids is 2. The van der Waals surface area contributed by atoms with E-state index in [1.807, 2.05) is 47.4 Å². The number of rotatable bonds is 5. The zero-order chi connectivity index (χ0) is 24.5. The first-order valence-electron chi connectivity index (χ1n) is 11.7. The Balaban J connectivity index is 1.29. The molecule has 3 aromatic carbocycles. The number of halogens is 1. The van der Waals surface area contributed by atoms with Crippen molar-refractivity contribution in [2.75, 3.05) is 5.32 Å². The van der Waals surface area contributed by atoms with Gasteiger partial charge < -0.3 is 15.3 Å². The fourth-order valence-corrected chi connectivity index (χ4v) is 5.24. The van der Waals surface area contributed by atoms with Crippen LogP contribution in [0.2, 0.25) is 5.02 Å². The van der Waals surface area contributed by atoms with Gasteiger partial charge in [0.05, 0.1) is 5.92 Å². The molecule has 0 radical (unpaired) electrons. The van der Waals surface area contributed by atoms with E-state index >= 15 is 0 Å². The summed E-state index contributed by atoms with van der Waals surface area (Å²) in [6, 6.07) is 20.1. The molecular weight excluding hydrogens is 464 g/mol. The summed E-state index contributed by atoms with van der Waals surface area (Å²) in [6.45, 7) is 0.528. The normalized spacial score (nSPS) is 19.3. The molecule has 6 nitrogen and oxygen atoms in total. The van der Waals surface area contributed by atoms with E-state index in [1.165, 1.54) is 0 Å². The van der Waals surface area contributed by atoms with Crippen LogP contribution in [0.15, 0.2) is 66.7 Å². The number of benzene rings is 3. The zero-order valence-electron chi connectivity index (χ0n) is 19.0. The van der Waals surface area contributed by atoms with Gasteiger partial charge in [-0.25, -0.2) is 0 Å². The van der Waals surface area contributed by atoms with Gasteiger partial charge in [-0.15, -0.1) is 0 Å². The number of aliphatic carboxylic acids is 1. The van der Waals surface area contributed by atoms with Crippen molar-refractivity contribution in [3.8, 4) is 11.1 Å². The van der Waals surface area contributed by atoms with Gasteiger partial charge >= 0.3 is 5.97 Å². The molecule has 1 saturated carbocycles. The molecule has 0 spiro atoms. The molecule has 35 heavy (non-hydrogen) atoms. The highest BCUT2D eigenvalue weighted by molar-refractivity contribution is 6.31. The van der Waals surface area contributed by atoms with Crippen molar-refractivity contribution in [1.82, 2.24) is 4.90 Å². The fourth-order valence-electron chi connectivity index (χ4n) is 5.05. The molecule has 2 N–H and O–H groups in total. The van der Waals surface area contributed by atoms with E-state index in [9.17, 15) is 19.5 Å². The first-order valence-corrected chi connectivity index (χ1v) is 12.1. The Morgan fingerprint density at radius 3 is 2.49 bits per heavy atom. The van der Waals surface area contributed by atoms with Crippen molar-refractivity contribution in [3.05, 3.63) is 88.4 Å². The van der Waals surface area contributed by atoms with E-state index in [-0.39, 0.29) is 23.8 Å². The Hall–Kier alpha value is -3.64. The van der Waals surface area contributed by atoms with Crippen molar-refractivity contribution in [3.63, 3.8) is 0 Å². The maximum absolute atomic E-state index is 13.2. The minimum absolute atomic E-state index is 0.0247. The summed E-state index contributed by atoms with van der Waals surface area (Å²) in [5, 5.41) is 12.8. The molecule has 1 aliphatic heterocycles. The lowest BCUT2D eigenvalue weighted by atomic mass is 9.85. The van der Waals surface area contributed by atoms with Gasteiger partial charge in [0.25, 0.3) is 11.8 Å². The molecule has 178 valence electrons. The maximum Gasteiger partial charge on any atom is 0.306 e. The summed E-state index contributed by atoms with van der Waals surface area (Å²) in [5.74, 6) is -1.41. The van der Waals surface area contributed by atoms with Crippen LogP contribution in [0.25, 0.3) is 11.1 Å². The SMILES string of the molecule is O=C(Nc1ccc(-c2ccc3c(c2)C(=O)N(C2CCCC(C(=O)O)C2)C3)cc1)c1cccc(Cl)c1. The Morgan fingerprint density at radius 2 is 1.74 bits per heavy atom. The number of anilines is 1. The Labute approximate surface area is 208 Å². The van der Waals surface area contributed by atoms with Gasteiger partial charge in [0.1, 0.15) is 0 Å². The van der Waals surface area contributed by atoms with Gasteiger partial charge in [0.15, 0.2) is 0 Å². The van der Waals surface area contributed by atoms with E-state index in [0.29, 0.717) is 41.2 Å². The van der Waals surface area contributed by atoms with Crippen molar-refractivity contribution in [2.24, 2.45) is 5.92 Å². The predicted molar refractivity (Wildman–Crippen MR) is 135 cm³/mol. The second-order valence-electron chi connectivity index (χ2n) is 9.20. The molecular formula is C28H25ClN2O4. The van der Waals surface area contributed by atoms with Crippen molar-refractivity contribution < 1.29 is 19.5 Å². The highest BCUT2D eigenvalue weighted by Gasteiger charge is 2.37. The maximum atomic E-state index is 13.2. The molecule has 2 aliphatic rings. The van der Waals surface area contributed by atoms with E-state index in [2.05, 4.69) is 5.32 Å². The Bertz CT molecular complexity index is 1300. The molecule has 1 aliphatic carbocycles. The molecule has 0 bridgehead atoms. The molecule has 7 heteroatoms. The van der Waals surface area contributed by atoms with E-state index in [0.717, 1.165) is 29.5 Å². The molecule has 1 fully saturated rings. The first-order chi connectivity index (χ1) is 16.9. The summed E-state index contributed by atoms with van der Waals surface area (Å²) in [7, 11) is 0. The van der Waals surface area contributed by atoms with Crippen LogP contribution in [0.5, 0.6) is 0 Å². The van der Waals surface area contributed by atoms with Crippen LogP contribution >= 0.6 is 11.6 Å². The van der Waals surface area contributed by atoms with Crippen LogP contribution in [-0.4, -0.2) is 33.8 Å². The third kappa shape index (κ3) is 4.80. The minimum atomic E-state index is -0.770. The number of nitrogens with zero attached hydrogens (tertiary/aromatic N) is 1. The van der Waals surface area contributed by atoms with Gasteiger partial charge in [0, 0.05) is 34.4 Å². The third-order valence-electron chi connectivity index (χ3n) is 6.94. The van der Waals surface area contributed by atoms with Gasteiger partial charge in [-0.1, -0.05) is 48.4 Å². The number of hydrogen-bond acceptors (Lipinski definition) is 3. The van der Waals surface area contributed by atoms with E-state index in [4.69, 9.17) is 11.6 Å². The second-order valence-corrected chi connectivity index (χ2v) is 9.64. The zero-order valence-corrected chi connectivity index (χ0v) is 19.8. The predicted octanol–water partition coefficient (Wildman–Crippen LogP) is 5.86. The molecule has 3 aromatic rings. The summed E-state index contributed by atoms with van der Waals surface area (Å²) in [6.07, 6.45) is 2.87. The first kappa shape index (κ1) is 23.1. The monoisotopic (exact) mass is 488 g/mol. The van der Waals surface area contributed by atoms with Crippen LogP contribution in [-0.2, 0) is 11.3 Å². The topological polar surface area (TPSA) is 86.7 Å². The average molecular weight is 489 g/mol. The van der Waals surface area contributed by atoms with Gasteiger partial charge in [-0.05, 0) is 72.4 Å². The molecule has 2 atom stereocenters. The number of carboxylic acid groups (broad SMARTS) is 1. The van der Waals surface area contributed by atoms with Crippen molar-refractivity contribution in [2.45, 2.75) is 38.3 Å². The summed E-state index contributed by atoms with van der Waals surface area (Å²) in [4.78, 5) is 39.0. The smallest absolute Gasteiger partial charge is 0.306 e. The molecule has 0 aromatic heterocycles. The van der Waals surface area contributed by atoms with Gasteiger partial charge in [-0.2, -0.15) is 0 Å². The largest absolute Gasteiger partial charge is 0.481 e. The molecule has 0 saturated heterocycles. The molecule has 5 rings (SSSR count). The van der Waals surface area contributed by atoms with Crippen LogP contribution in [0.4, 0.5) is 5.69 Å². The van der Waals surface area contributed by atoms with E-state index in [1.54, 1.807) is 24.3 Å². The summed E-state index contributed by atoms with van der Waals surface area (Å²) < 4.78 is 0. The second kappa shape index (κ2) is 9.55. The van der Waals surface area contributed by atoms with Crippen LogP contribution < -0.4 is 5.32 Å². The lowest BCUT2D eigenvalue weighted by Crippen LogP contribution is -2.40. The van der Waals surface area contributed by atoms with Gasteiger partial charge in [-0.3, -0.25) is 14.4 Å². The third-order valence-corrected chi connectivity index (χ3v) is 7.18. The number of fused-ring (bicyclic) bond motifs is 1. The standard InChI is InChI=1S/C28H25ClN2O4/c29-22-5-1-3-19(13-22)26(32)30-23-11-9-17(10-12-23)18-7-8-21-16-31(27(33)25(21)15-18)24-6-2-4-20(14-24)28(34)35/h1,3,5,7-13,15,20,24H,2,4,6,14,16H2,(H,30,32)(H,34,35). The Kier molecular flexibility index (Phi) is 6.31. The average Bonchev–Trinajstić information content (AvgIpc) is 3.20. The number of nitrogens with one attached hydrogen (secondary N) is 1. The minimum Gasteiger partial charge on any atom is -0.481 e. The molecule has 2 unspecified atom stereocenters. The molecule has 1 heterocycles. The van der Waals surface area contributed by atoms with Gasteiger partial charge in [0.2, 0.25) is 0 Å². The highest BCUT2D eigenvalue weighted by Crippen LogP contribution is 2.35. The quantitative estimate of drug-likeness (QED) is 0.471. The molecule has 2 amide bonds. The van der Waals surface area contributed by atoms with Crippen molar-refractivity contribution in [1.29, 1.82) is 0 Å². The number of carboxylic acids is 1. The van der Waals surface area contributed by atoms with Crippen LogP contribution in [0.1, 0.15) is 52.0 Å². The van der Waals surface area contributed by atoms with E-state index < -0.39 is 5.97 Å². The summed E-state index contributed by atoms with van der Waals surface area (Å²) in [5.41, 5.74) is 4.64. The van der Waals surface area contributed by atoms with Crippen LogP contribution in [0, 0.1) is 5.92 Å². The van der Waals surface area contributed by atoms with Crippen molar-refractivity contribution >= 4 is 35.1 Å². The number of hydrogen-bond donors (Lipinski definition) is 2. The summed E-state index contributed by atoms with van der Waals surface area (Å²) >= 11 is 5.97. The Morgan fingerprint density at radius 1 is 0.971 bits per heavy atom. The fraction of sp³-hybridized carbons (Fsp3) is 0.250.